The maximum atomic E-state index is 12.2. The van der Waals surface area contributed by atoms with E-state index in [2.05, 4.69) is 36.4 Å². The Morgan fingerprint density at radius 1 is 0.450 bits per heavy atom. The van der Waals surface area contributed by atoms with Crippen molar-refractivity contribution >= 4 is 21.0 Å². The van der Waals surface area contributed by atoms with E-state index in [1.165, 1.54) is 14.7 Å². The van der Waals surface area contributed by atoms with Crippen LogP contribution < -0.4 is 14.2 Å². The Hall–Kier alpha value is -3.55. The Balaban J connectivity index is 0.000000614. The predicted molar refractivity (Wildman–Crippen MR) is 197 cm³/mol. The first kappa shape index (κ1) is 52.6. The number of hydrogen-bond donors (Lipinski definition) is 0. The van der Waals surface area contributed by atoms with Crippen LogP contribution in [0.2, 0.25) is 0 Å². The molecule has 0 fully saturated rings. The molecule has 0 aliphatic carbocycles. The molecule has 0 aliphatic rings. The molecule has 0 aromatic heterocycles. The lowest BCUT2D eigenvalue weighted by Gasteiger charge is -2.34. The van der Waals surface area contributed by atoms with E-state index in [1.807, 2.05) is 36.4 Å². The fourth-order valence-electron chi connectivity index (χ4n) is 4.33. The van der Waals surface area contributed by atoms with Gasteiger partial charge in [0.25, 0.3) is 0 Å². The van der Waals surface area contributed by atoms with E-state index in [0.717, 1.165) is 17.2 Å². The average Bonchev–Trinajstić information content (AvgIpc) is 3.20. The highest BCUT2D eigenvalue weighted by Crippen LogP contribution is 2.54. The first-order chi connectivity index (χ1) is 28.2. The molecule has 60 heavy (non-hydrogen) atoms. The molecule has 0 heterocycles. The van der Waals surface area contributed by atoms with Crippen LogP contribution in [0.5, 0.6) is 17.2 Å². The first-order valence-corrected chi connectivity index (χ1v) is 20.2. The number of alkyl halides is 9. The van der Waals surface area contributed by atoms with Gasteiger partial charge in [-0.15, -0.1) is 0 Å². The minimum Gasteiger partial charge on any atom is -0.743 e. The Morgan fingerprint density at radius 2 is 0.717 bits per heavy atom. The molecule has 0 aliphatic heterocycles. The molecule has 340 valence electrons. The highest BCUT2D eigenvalue weighted by atomic mass is 32.2. The summed E-state index contributed by atoms with van der Waals surface area (Å²) in [5.74, 6) is -12.4. The highest BCUT2D eigenvalue weighted by Gasteiger charge is 2.83. The van der Waals surface area contributed by atoms with Crippen molar-refractivity contribution in [1.82, 2.24) is 0 Å². The van der Waals surface area contributed by atoms with Crippen molar-refractivity contribution in [1.29, 1.82) is 0 Å². The summed E-state index contributed by atoms with van der Waals surface area (Å²) in [6.07, 6.45) is -7.16. The second kappa shape index (κ2) is 25.4. The molecule has 0 spiro atoms. The fraction of sp³-hybridized carbons (Fsp3) is 0.514. The minimum absolute atomic E-state index is 0.355. The van der Waals surface area contributed by atoms with Gasteiger partial charge in [0.05, 0.1) is 70.4 Å². The molecular formula is C37H45F9O12S2. The van der Waals surface area contributed by atoms with Crippen LogP contribution in [0.3, 0.4) is 0 Å². The summed E-state index contributed by atoms with van der Waals surface area (Å²) in [6, 6.07) is 24.8. The summed E-state index contributed by atoms with van der Waals surface area (Å²) in [5.41, 5.74) is 0. The molecule has 0 amide bonds. The molecule has 3 aromatic carbocycles. The maximum absolute atomic E-state index is 12.2. The van der Waals surface area contributed by atoms with Gasteiger partial charge in [-0.3, -0.25) is 0 Å². The summed E-state index contributed by atoms with van der Waals surface area (Å²) in [7, 11) is -2.80. The van der Waals surface area contributed by atoms with E-state index in [4.69, 9.17) is 42.6 Å². The fourth-order valence-corrected chi connectivity index (χ4v) is 6.81. The highest BCUT2D eigenvalue weighted by molar-refractivity contribution is 7.97. The average molecular weight is 917 g/mol. The zero-order valence-corrected chi connectivity index (χ0v) is 34.2. The van der Waals surface area contributed by atoms with E-state index in [9.17, 15) is 52.5 Å². The van der Waals surface area contributed by atoms with Crippen molar-refractivity contribution in [2.75, 3.05) is 101 Å². The van der Waals surface area contributed by atoms with E-state index in [1.54, 1.807) is 21.3 Å². The zero-order chi connectivity index (χ0) is 44.9. The monoisotopic (exact) mass is 916 g/mol. The topological polar surface area (TPSA) is 140 Å². The standard InChI is InChI=1S/C33H45O9S.C4HF9O3S/c1-34-16-19-37-22-25-40-28-4-10-31(11-5-28)43(32-12-6-29(7-13-32)41-26-23-38-20-17-35-2)33-14-8-30(9-15-33)42-27-24-39-21-18-36-3;5-1(6,3(9,10)11)2(7,8)4(12,13)17(14,15)16/h4-15H,16-27H2,1-3H3;(H,14,15,16)/q+1;/p-1. The molecule has 3 rings (SSSR count). The van der Waals surface area contributed by atoms with Crippen molar-refractivity contribution in [2.24, 2.45) is 0 Å². The van der Waals surface area contributed by atoms with Gasteiger partial charge in [0.15, 0.2) is 24.8 Å². The number of ether oxygens (including phenoxy) is 9. The molecule has 0 bridgehead atoms. The summed E-state index contributed by atoms with van der Waals surface area (Å²) in [4.78, 5) is 3.51. The SMILES string of the molecule is COCCOCCOc1ccc([S+](c2ccc(OCCOCCOC)cc2)c2ccc(OCCOCCOC)cc2)cc1.O=S(=O)([O-])C(F)(F)C(F)(F)C(F)(F)C(F)(F)F. The third-order valence-electron chi connectivity index (χ3n) is 7.39. The summed E-state index contributed by atoms with van der Waals surface area (Å²) >= 11 is 0. The smallest absolute Gasteiger partial charge is 0.460 e. The molecule has 0 saturated carbocycles. The van der Waals surface area contributed by atoms with Gasteiger partial charge in [-0.1, -0.05) is 0 Å². The molecule has 0 unspecified atom stereocenters. The van der Waals surface area contributed by atoms with Gasteiger partial charge >= 0.3 is 23.3 Å². The van der Waals surface area contributed by atoms with Gasteiger partial charge in [0.1, 0.15) is 37.1 Å². The van der Waals surface area contributed by atoms with Gasteiger partial charge in [-0.25, -0.2) is 8.42 Å². The molecule has 12 nitrogen and oxygen atoms in total. The largest absolute Gasteiger partial charge is 0.743 e. The normalized spacial score (nSPS) is 12.6. The van der Waals surface area contributed by atoms with E-state index < -0.39 is 33.4 Å². The molecule has 0 saturated heterocycles. The van der Waals surface area contributed by atoms with Crippen LogP contribution in [0.1, 0.15) is 0 Å². The zero-order valence-electron chi connectivity index (χ0n) is 32.5. The van der Waals surface area contributed by atoms with Gasteiger partial charge in [-0.05, 0) is 72.8 Å². The third-order valence-corrected chi connectivity index (χ3v) is 10.5. The second-order valence-corrected chi connectivity index (χ2v) is 15.1. The Bertz CT molecular complexity index is 1600. The quantitative estimate of drug-likeness (QED) is 0.0342. The second-order valence-electron chi connectivity index (χ2n) is 11.7. The Morgan fingerprint density at radius 3 is 0.950 bits per heavy atom. The minimum atomic E-state index is -7.43. The van der Waals surface area contributed by atoms with Gasteiger partial charge in [0, 0.05) is 21.3 Å². The molecule has 3 aromatic rings. The van der Waals surface area contributed by atoms with Crippen LogP contribution in [0.4, 0.5) is 39.5 Å². The summed E-state index contributed by atoms with van der Waals surface area (Å²) in [6.45, 7) is 6.35. The van der Waals surface area contributed by atoms with Gasteiger partial charge in [0.2, 0.25) is 0 Å². The van der Waals surface area contributed by atoms with Crippen LogP contribution in [0.25, 0.3) is 0 Å². The van der Waals surface area contributed by atoms with Crippen molar-refractivity contribution in [2.45, 2.75) is 38.0 Å². The van der Waals surface area contributed by atoms with Crippen LogP contribution in [-0.2, 0) is 49.4 Å². The number of hydrogen-bond acceptors (Lipinski definition) is 12. The van der Waals surface area contributed by atoms with Crippen molar-refractivity contribution in [3.63, 3.8) is 0 Å². The van der Waals surface area contributed by atoms with Crippen LogP contribution >= 0.6 is 0 Å². The molecule has 23 heteroatoms. The molecule has 0 N–H and O–H groups in total. The number of methoxy groups -OCH3 is 3. The number of halogens is 9. The summed E-state index contributed by atoms with van der Waals surface area (Å²) in [5, 5.41) is -7.11. The lowest BCUT2D eigenvalue weighted by atomic mass is 10.1. The molecule has 0 atom stereocenters. The van der Waals surface area contributed by atoms with Crippen LogP contribution in [-0.4, -0.2) is 137 Å². The third kappa shape index (κ3) is 16.0. The predicted octanol–water partition coefficient (Wildman–Crippen LogP) is 6.86. The van der Waals surface area contributed by atoms with E-state index in [0.29, 0.717) is 79.3 Å². The van der Waals surface area contributed by atoms with Gasteiger partial charge < -0.3 is 47.2 Å². The van der Waals surface area contributed by atoms with E-state index >= 15 is 0 Å². The summed E-state index contributed by atoms with van der Waals surface area (Å²) < 4.78 is 185. The maximum Gasteiger partial charge on any atom is 0.460 e. The lowest BCUT2D eigenvalue weighted by molar-refractivity contribution is -0.382. The Kier molecular flexibility index (Phi) is 22.3. The lowest BCUT2D eigenvalue weighted by Crippen LogP contribution is -2.63. The van der Waals surface area contributed by atoms with E-state index in [-0.39, 0.29) is 10.9 Å². The van der Waals surface area contributed by atoms with Crippen LogP contribution in [0.15, 0.2) is 87.5 Å². The number of benzene rings is 3. The number of rotatable bonds is 27. The molecule has 0 radical (unpaired) electrons. The van der Waals surface area contributed by atoms with Crippen LogP contribution in [0, 0.1) is 0 Å². The first-order valence-electron chi connectivity index (χ1n) is 17.5. The Labute approximate surface area is 344 Å². The van der Waals surface area contributed by atoms with Crippen molar-refractivity contribution in [3.8, 4) is 17.2 Å². The van der Waals surface area contributed by atoms with Gasteiger partial charge in [-0.2, -0.15) is 39.5 Å². The molecular weight excluding hydrogens is 872 g/mol. The van der Waals surface area contributed by atoms with Crippen molar-refractivity contribution in [3.05, 3.63) is 72.8 Å². The van der Waals surface area contributed by atoms with Crippen molar-refractivity contribution < 1.29 is 95.1 Å².